The number of amides is 1. The molecule has 1 aromatic rings. The lowest BCUT2D eigenvalue weighted by molar-refractivity contribution is 0.0941. The molecule has 0 bridgehead atoms. The summed E-state index contributed by atoms with van der Waals surface area (Å²) in [4.78, 5) is 24.9. The molecule has 1 aromatic heterocycles. The molecule has 1 heterocycles. The third-order valence-electron chi connectivity index (χ3n) is 2.27. The Hall–Kier alpha value is -1.62. The number of carbonyl (C=O) groups excluding carboxylic acids is 1. The highest BCUT2D eigenvalue weighted by Gasteiger charge is 2.06. The van der Waals surface area contributed by atoms with Crippen LogP contribution in [0.25, 0.3) is 0 Å². The average Bonchev–Trinajstić information content (AvgIpc) is 2.28. The van der Waals surface area contributed by atoms with E-state index in [1.807, 2.05) is 6.92 Å². The van der Waals surface area contributed by atoms with Gasteiger partial charge in [-0.15, -0.1) is 0 Å². The highest BCUT2D eigenvalue weighted by Crippen LogP contribution is 1.96. The van der Waals surface area contributed by atoms with Crippen molar-refractivity contribution in [2.24, 2.45) is 0 Å². The van der Waals surface area contributed by atoms with Crippen LogP contribution in [0.4, 0.5) is 0 Å². The predicted molar refractivity (Wildman–Crippen MR) is 60.3 cm³/mol. The Labute approximate surface area is 93.5 Å². The van der Waals surface area contributed by atoms with Crippen LogP contribution >= 0.6 is 0 Å². The lowest BCUT2D eigenvalue weighted by atomic mass is 10.2. The topological polar surface area (TPSA) is 82.2 Å². The Morgan fingerprint density at radius 3 is 3.00 bits per heavy atom. The van der Waals surface area contributed by atoms with Crippen LogP contribution in [0, 0.1) is 0 Å². The molecule has 0 saturated carbocycles. The first-order valence-electron chi connectivity index (χ1n) is 5.28. The van der Waals surface area contributed by atoms with Gasteiger partial charge in [0.05, 0.1) is 6.10 Å². The fourth-order valence-corrected chi connectivity index (χ4v) is 1.24. The Kier molecular flexibility index (Phi) is 4.72. The van der Waals surface area contributed by atoms with Crippen molar-refractivity contribution in [3.05, 3.63) is 34.2 Å². The molecule has 0 aliphatic rings. The number of hydrogen-bond donors (Lipinski definition) is 3. The summed E-state index contributed by atoms with van der Waals surface area (Å²) in [5.41, 5.74) is 0.0241. The Bertz CT molecular complexity index is 400. The quantitative estimate of drug-likeness (QED) is 0.671. The van der Waals surface area contributed by atoms with Crippen molar-refractivity contribution in [1.82, 2.24) is 10.3 Å². The maximum atomic E-state index is 11.5. The van der Waals surface area contributed by atoms with Crippen LogP contribution in [-0.4, -0.2) is 28.6 Å². The molecular weight excluding hydrogens is 208 g/mol. The molecule has 0 saturated heterocycles. The van der Waals surface area contributed by atoms with E-state index in [1.165, 1.54) is 18.3 Å². The van der Waals surface area contributed by atoms with Crippen LogP contribution in [0.3, 0.4) is 0 Å². The van der Waals surface area contributed by atoms with E-state index in [1.54, 1.807) is 0 Å². The summed E-state index contributed by atoms with van der Waals surface area (Å²) >= 11 is 0. The second-order valence-electron chi connectivity index (χ2n) is 3.55. The van der Waals surface area contributed by atoms with Gasteiger partial charge in [-0.3, -0.25) is 9.59 Å². The Morgan fingerprint density at radius 2 is 2.38 bits per heavy atom. The average molecular weight is 224 g/mol. The monoisotopic (exact) mass is 224 g/mol. The summed E-state index contributed by atoms with van der Waals surface area (Å²) in [6, 6.07) is 2.78. The smallest absolute Gasteiger partial charge is 0.251 e. The minimum atomic E-state index is -0.389. The molecule has 3 N–H and O–H groups in total. The molecule has 5 heteroatoms. The number of aromatic amines is 1. The fraction of sp³-hybridized carbons (Fsp3) is 0.455. The van der Waals surface area contributed by atoms with Crippen molar-refractivity contribution < 1.29 is 9.90 Å². The van der Waals surface area contributed by atoms with Gasteiger partial charge in [-0.2, -0.15) is 0 Å². The summed E-state index contributed by atoms with van der Waals surface area (Å²) in [5, 5.41) is 11.9. The Balaban J connectivity index is 2.44. The van der Waals surface area contributed by atoms with Gasteiger partial charge in [-0.25, -0.2) is 0 Å². The maximum Gasteiger partial charge on any atom is 0.251 e. The summed E-state index contributed by atoms with van der Waals surface area (Å²) in [6.07, 6.45) is 2.23. The second kappa shape index (κ2) is 6.07. The molecular formula is C11H16N2O3. The molecule has 1 atom stereocenters. The molecule has 0 spiro atoms. The first kappa shape index (κ1) is 12.4. The van der Waals surface area contributed by atoms with Crippen molar-refractivity contribution in [2.45, 2.75) is 25.9 Å². The van der Waals surface area contributed by atoms with Crippen LogP contribution in [-0.2, 0) is 0 Å². The molecule has 5 nitrogen and oxygen atoms in total. The standard InChI is InChI=1S/C11H16N2O3/c1-2-9(14)4-6-13-11(16)8-3-5-12-10(15)7-8/h3,5,7,9,14H,2,4,6H2,1H3,(H,12,15)(H,13,16). The zero-order valence-electron chi connectivity index (χ0n) is 9.19. The number of hydrogen-bond acceptors (Lipinski definition) is 3. The zero-order chi connectivity index (χ0) is 12.0. The molecule has 0 fully saturated rings. The van der Waals surface area contributed by atoms with Crippen molar-refractivity contribution in [3.8, 4) is 0 Å². The zero-order valence-corrected chi connectivity index (χ0v) is 9.19. The SMILES string of the molecule is CCC(O)CCNC(=O)c1cc[nH]c(=O)c1. The minimum Gasteiger partial charge on any atom is -0.393 e. The molecule has 1 amide bonds. The van der Waals surface area contributed by atoms with Crippen molar-refractivity contribution in [3.63, 3.8) is 0 Å². The van der Waals surface area contributed by atoms with E-state index in [9.17, 15) is 14.7 Å². The number of nitrogens with one attached hydrogen (secondary N) is 2. The third kappa shape index (κ3) is 3.86. The van der Waals surface area contributed by atoms with Gasteiger partial charge in [-0.05, 0) is 18.9 Å². The van der Waals surface area contributed by atoms with E-state index in [-0.39, 0.29) is 17.6 Å². The summed E-state index contributed by atoms with van der Waals surface area (Å²) in [7, 11) is 0. The van der Waals surface area contributed by atoms with Crippen LogP contribution in [0.15, 0.2) is 23.1 Å². The summed E-state index contributed by atoms with van der Waals surface area (Å²) in [5.74, 6) is -0.297. The van der Waals surface area contributed by atoms with E-state index in [0.717, 1.165) is 0 Å². The van der Waals surface area contributed by atoms with E-state index in [2.05, 4.69) is 10.3 Å². The molecule has 1 unspecified atom stereocenters. The van der Waals surface area contributed by atoms with Crippen LogP contribution in [0.1, 0.15) is 30.1 Å². The van der Waals surface area contributed by atoms with E-state index < -0.39 is 0 Å². The largest absolute Gasteiger partial charge is 0.393 e. The molecule has 0 aliphatic heterocycles. The number of aliphatic hydroxyl groups excluding tert-OH is 1. The molecule has 0 aliphatic carbocycles. The van der Waals surface area contributed by atoms with Crippen molar-refractivity contribution >= 4 is 5.91 Å². The van der Waals surface area contributed by atoms with Crippen LogP contribution in [0.2, 0.25) is 0 Å². The maximum absolute atomic E-state index is 11.5. The molecule has 1 rings (SSSR count). The van der Waals surface area contributed by atoms with Gasteiger partial charge in [0.15, 0.2) is 0 Å². The van der Waals surface area contributed by atoms with Gasteiger partial charge < -0.3 is 15.4 Å². The second-order valence-corrected chi connectivity index (χ2v) is 3.55. The molecule has 0 radical (unpaired) electrons. The Morgan fingerprint density at radius 1 is 1.62 bits per heavy atom. The lowest BCUT2D eigenvalue weighted by Crippen LogP contribution is -2.27. The van der Waals surface area contributed by atoms with Gasteiger partial charge >= 0.3 is 0 Å². The van der Waals surface area contributed by atoms with Gasteiger partial charge in [0, 0.05) is 24.4 Å². The minimum absolute atomic E-state index is 0.297. The van der Waals surface area contributed by atoms with Crippen LogP contribution < -0.4 is 10.9 Å². The molecule has 0 aromatic carbocycles. The van der Waals surface area contributed by atoms with E-state index in [0.29, 0.717) is 24.9 Å². The van der Waals surface area contributed by atoms with E-state index >= 15 is 0 Å². The molecule has 88 valence electrons. The van der Waals surface area contributed by atoms with E-state index in [4.69, 9.17) is 0 Å². The van der Waals surface area contributed by atoms with Crippen molar-refractivity contribution in [1.29, 1.82) is 0 Å². The highest BCUT2D eigenvalue weighted by atomic mass is 16.3. The summed E-state index contributed by atoms with van der Waals surface area (Å²) in [6.45, 7) is 2.28. The van der Waals surface area contributed by atoms with Gasteiger partial charge in [0.1, 0.15) is 0 Å². The van der Waals surface area contributed by atoms with Crippen molar-refractivity contribution in [2.75, 3.05) is 6.54 Å². The summed E-state index contributed by atoms with van der Waals surface area (Å²) < 4.78 is 0. The number of carbonyl (C=O) groups is 1. The normalized spacial score (nSPS) is 12.1. The highest BCUT2D eigenvalue weighted by molar-refractivity contribution is 5.93. The number of aromatic nitrogens is 1. The van der Waals surface area contributed by atoms with Gasteiger partial charge in [0.25, 0.3) is 5.91 Å². The van der Waals surface area contributed by atoms with Gasteiger partial charge in [-0.1, -0.05) is 6.92 Å². The number of aliphatic hydroxyl groups is 1. The number of rotatable bonds is 5. The fourth-order valence-electron chi connectivity index (χ4n) is 1.24. The van der Waals surface area contributed by atoms with Gasteiger partial charge in [0.2, 0.25) is 5.56 Å². The lowest BCUT2D eigenvalue weighted by Gasteiger charge is -2.08. The third-order valence-corrected chi connectivity index (χ3v) is 2.27. The first-order chi connectivity index (χ1) is 7.63. The number of H-pyrrole nitrogens is 1. The number of pyridine rings is 1. The molecule has 16 heavy (non-hydrogen) atoms. The van der Waals surface area contributed by atoms with Crippen LogP contribution in [0.5, 0.6) is 0 Å². The first-order valence-corrected chi connectivity index (χ1v) is 5.28. The predicted octanol–water partition coefficient (Wildman–Crippen LogP) is 0.266.